The van der Waals surface area contributed by atoms with Gasteiger partial charge in [-0.05, 0) is 26.0 Å². The second-order valence-electron chi connectivity index (χ2n) is 5.08. The van der Waals surface area contributed by atoms with E-state index in [1.165, 1.54) is 0 Å². The van der Waals surface area contributed by atoms with Crippen LogP contribution in [-0.4, -0.2) is 27.9 Å². The SMILES string of the molecule is Cc1[nH]nc2c1c(=O)n(C)c1c(OCCCN)cccc21. The topological polar surface area (TPSA) is 85.9 Å². The van der Waals surface area contributed by atoms with Crippen molar-refractivity contribution in [3.05, 3.63) is 34.2 Å². The van der Waals surface area contributed by atoms with Crippen LogP contribution < -0.4 is 16.0 Å². The monoisotopic (exact) mass is 286 g/mol. The summed E-state index contributed by atoms with van der Waals surface area (Å²) < 4.78 is 7.40. The van der Waals surface area contributed by atoms with E-state index in [1.54, 1.807) is 11.6 Å². The number of hydrogen-bond acceptors (Lipinski definition) is 4. The minimum absolute atomic E-state index is 0.0707. The van der Waals surface area contributed by atoms with E-state index in [9.17, 15) is 4.79 Å². The van der Waals surface area contributed by atoms with Gasteiger partial charge in [-0.3, -0.25) is 9.89 Å². The molecule has 0 radical (unpaired) electrons. The number of benzene rings is 1. The molecule has 3 N–H and O–H groups in total. The zero-order chi connectivity index (χ0) is 15.0. The van der Waals surface area contributed by atoms with Gasteiger partial charge in [0.15, 0.2) is 0 Å². The molecule has 110 valence electrons. The molecule has 3 rings (SSSR count). The molecule has 6 heteroatoms. The number of ether oxygens (including phenoxy) is 1. The fourth-order valence-corrected chi connectivity index (χ4v) is 2.60. The largest absolute Gasteiger partial charge is 0.491 e. The van der Waals surface area contributed by atoms with Crippen LogP contribution in [0.15, 0.2) is 23.0 Å². The number of para-hydroxylation sites is 1. The molecule has 0 bridgehead atoms. The van der Waals surface area contributed by atoms with Gasteiger partial charge in [0.25, 0.3) is 5.56 Å². The Morgan fingerprint density at radius 2 is 2.24 bits per heavy atom. The maximum absolute atomic E-state index is 12.5. The second kappa shape index (κ2) is 5.21. The predicted molar refractivity (Wildman–Crippen MR) is 82.7 cm³/mol. The van der Waals surface area contributed by atoms with Crippen LogP contribution in [-0.2, 0) is 7.05 Å². The quantitative estimate of drug-likeness (QED) is 0.711. The lowest BCUT2D eigenvalue weighted by atomic mass is 10.1. The van der Waals surface area contributed by atoms with E-state index in [-0.39, 0.29) is 5.56 Å². The number of fused-ring (bicyclic) bond motifs is 3. The molecule has 6 nitrogen and oxygen atoms in total. The zero-order valence-electron chi connectivity index (χ0n) is 12.1. The number of hydrogen-bond donors (Lipinski definition) is 2. The molecule has 1 aromatic carbocycles. The van der Waals surface area contributed by atoms with Crippen molar-refractivity contribution < 1.29 is 4.74 Å². The van der Waals surface area contributed by atoms with Gasteiger partial charge in [-0.1, -0.05) is 12.1 Å². The van der Waals surface area contributed by atoms with Gasteiger partial charge in [0.1, 0.15) is 11.3 Å². The van der Waals surface area contributed by atoms with E-state index in [0.29, 0.717) is 29.8 Å². The van der Waals surface area contributed by atoms with Gasteiger partial charge >= 0.3 is 0 Å². The van der Waals surface area contributed by atoms with Gasteiger partial charge in [-0.15, -0.1) is 0 Å². The Bertz CT molecular complexity index is 863. The normalized spacial score (nSPS) is 11.4. The first-order valence-electron chi connectivity index (χ1n) is 6.94. The van der Waals surface area contributed by atoms with Gasteiger partial charge < -0.3 is 15.0 Å². The first kappa shape index (κ1) is 13.6. The first-order valence-corrected chi connectivity index (χ1v) is 6.94. The summed E-state index contributed by atoms with van der Waals surface area (Å²) in [5.41, 5.74) is 7.65. The molecule has 0 atom stereocenters. The van der Waals surface area contributed by atoms with Crippen molar-refractivity contribution in [2.45, 2.75) is 13.3 Å². The van der Waals surface area contributed by atoms with Gasteiger partial charge in [0.05, 0.1) is 17.5 Å². The summed E-state index contributed by atoms with van der Waals surface area (Å²) in [5.74, 6) is 0.683. The standard InChI is InChI=1S/C15H18N4O2/c1-9-12-13(18-17-9)10-5-3-6-11(21-8-4-7-16)14(10)19(2)15(12)20/h3,5-6H,4,7-8,16H2,1-2H3,(H,17,18). The van der Waals surface area contributed by atoms with E-state index < -0.39 is 0 Å². The Labute approximate surface area is 121 Å². The zero-order valence-corrected chi connectivity index (χ0v) is 12.1. The molecular weight excluding hydrogens is 268 g/mol. The number of rotatable bonds is 4. The highest BCUT2D eigenvalue weighted by Crippen LogP contribution is 2.29. The van der Waals surface area contributed by atoms with Crippen LogP contribution >= 0.6 is 0 Å². The summed E-state index contributed by atoms with van der Waals surface area (Å²) in [6.07, 6.45) is 0.772. The van der Waals surface area contributed by atoms with Crippen LogP contribution in [0.2, 0.25) is 0 Å². The fourth-order valence-electron chi connectivity index (χ4n) is 2.60. The number of nitrogens with zero attached hydrogens (tertiary/aromatic N) is 2. The van der Waals surface area contributed by atoms with Crippen LogP contribution in [0.25, 0.3) is 21.8 Å². The fraction of sp³-hybridized carbons (Fsp3) is 0.333. The Hall–Kier alpha value is -2.34. The minimum atomic E-state index is -0.0707. The molecule has 2 aromatic heterocycles. The molecule has 0 amide bonds. The van der Waals surface area contributed by atoms with Crippen molar-refractivity contribution in [2.24, 2.45) is 12.8 Å². The van der Waals surface area contributed by atoms with E-state index in [2.05, 4.69) is 10.2 Å². The summed E-state index contributed by atoms with van der Waals surface area (Å²) in [5, 5.41) is 8.69. The Kier molecular flexibility index (Phi) is 3.39. The molecule has 21 heavy (non-hydrogen) atoms. The molecule has 3 aromatic rings. The maximum atomic E-state index is 12.5. The van der Waals surface area contributed by atoms with Crippen molar-refractivity contribution in [1.82, 2.24) is 14.8 Å². The van der Waals surface area contributed by atoms with Gasteiger partial charge in [0, 0.05) is 18.1 Å². The second-order valence-corrected chi connectivity index (χ2v) is 5.08. The predicted octanol–water partition coefficient (Wildman–Crippen LogP) is 1.45. The van der Waals surface area contributed by atoms with Crippen molar-refractivity contribution in [3.63, 3.8) is 0 Å². The van der Waals surface area contributed by atoms with E-state index in [4.69, 9.17) is 10.5 Å². The number of aromatic amines is 1. The van der Waals surface area contributed by atoms with Crippen LogP contribution in [0, 0.1) is 6.92 Å². The molecule has 0 aliphatic heterocycles. The molecular formula is C15H18N4O2. The van der Waals surface area contributed by atoms with Crippen LogP contribution in [0.5, 0.6) is 5.75 Å². The summed E-state index contributed by atoms with van der Waals surface area (Å²) in [6, 6.07) is 5.73. The molecule has 0 saturated carbocycles. The highest BCUT2D eigenvalue weighted by Gasteiger charge is 2.16. The van der Waals surface area contributed by atoms with Gasteiger partial charge in [-0.2, -0.15) is 5.10 Å². The Balaban J connectivity index is 2.31. The molecule has 0 unspecified atom stereocenters. The lowest BCUT2D eigenvalue weighted by Crippen LogP contribution is -2.18. The number of pyridine rings is 1. The van der Waals surface area contributed by atoms with Crippen LogP contribution in [0.3, 0.4) is 0 Å². The highest BCUT2D eigenvalue weighted by atomic mass is 16.5. The van der Waals surface area contributed by atoms with Crippen LogP contribution in [0.1, 0.15) is 12.1 Å². The van der Waals surface area contributed by atoms with E-state index in [1.807, 2.05) is 25.1 Å². The van der Waals surface area contributed by atoms with Crippen LogP contribution in [0.4, 0.5) is 0 Å². The third kappa shape index (κ3) is 2.08. The lowest BCUT2D eigenvalue weighted by molar-refractivity contribution is 0.316. The third-order valence-corrected chi connectivity index (χ3v) is 3.66. The van der Waals surface area contributed by atoms with Crippen molar-refractivity contribution >= 4 is 21.8 Å². The number of H-pyrrole nitrogens is 1. The molecule has 0 fully saturated rings. The molecule has 0 aliphatic rings. The molecule has 0 aliphatic carbocycles. The number of nitrogens with two attached hydrogens (primary N) is 1. The lowest BCUT2D eigenvalue weighted by Gasteiger charge is -2.12. The Morgan fingerprint density at radius 1 is 1.43 bits per heavy atom. The summed E-state index contributed by atoms with van der Waals surface area (Å²) in [6.45, 7) is 2.96. The van der Waals surface area contributed by atoms with E-state index >= 15 is 0 Å². The average molecular weight is 286 g/mol. The number of nitrogens with one attached hydrogen (secondary N) is 1. The van der Waals surface area contributed by atoms with Gasteiger partial charge in [0.2, 0.25) is 0 Å². The molecule has 0 saturated heterocycles. The number of aryl methyl sites for hydroxylation is 2. The minimum Gasteiger partial charge on any atom is -0.491 e. The van der Waals surface area contributed by atoms with Gasteiger partial charge in [-0.25, -0.2) is 0 Å². The highest BCUT2D eigenvalue weighted by molar-refractivity contribution is 6.05. The smallest absolute Gasteiger partial charge is 0.262 e. The van der Waals surface area contributed by atoms with E-state index in [0.717, 1.165) is 23.0 Å². The Morgan fingerprint density at radius 3 is 3.00 bits per heavy atom. The summed E-state index contributed by atoms with van der Waals surface area (Å²) in [4.78, 5) is 12.5. The average Bonchev–Trinajstić information content (AvgIpc) is 2.87. The molecule has 2 heterocycles. The summed E-state index contributed by atoms with van der Waals surface area (Å²) >= 11 is 0. The summed E-state index contributed by atoms with van der Waals surface area (Å²) in [7, 11) is 1.76. The number of aromatic nitrogens is 3. The molecule has 0 spiro atoms. The van der Waals surface area contributed by atoms with Crippen molar-refractivity contribution in [3.8, 4) is 5.75 Å². The first-order chi connectivity index (χ1) is 10.1. The van der Waals surface area contributed by atoms with Crippen molar-refractivity contribution in [1.29, 1.82) is 0 Å². The third-order valence-electron chi connectivity index (χ3n) is 3.66. The van der Waals surface area contributed by atoms with Crippen molar-refractivity contribution in [2.75, 3.05) is 13.2 Å². The maximum Gasteiger partial charge on any atom is 0.262 e.